The van der Waals surface area contributed by atoms with Crippen LogP contribution >= 0.6 is 11.8 Å². The lowest BCUT2D eigenvalue weighted by molar-refractivity contribution is -0.130. The highest BCUT2D eigenvalue weighted by Gasteiger charge is 2.34. The Labute approximate surface area is 136 Å². The Morgan fingerprint density at radius 1 is 1.32 bits per heavy atom. The average molecular weight is 339 g/mol. The van der Waals surface area contributed by atoms with Crippen LogP contribution in [0.1, 0.15) is 23.1 Å². The first-order chi connectivity index (χ1) is 10.4. The van der Waals surface area contributed by atoms with E-state index in [1.54, 1.807) is 16.7 Å². The molecule has 1 amide bonds. The van der Waals surface area contributed by atoms with Gasteiger partial charge in [0, 0.05) is 24.3 Å². The Morgan fingerprint density at radius 3 is 2.86 bits per heavy atom. The van der Waals surface area contributed by atoms with Crippen LogP contribution in [0.5, 0.6) is 0 Å². The number of carbonyl (C=O) groups excluding carboxylic acids is 1. The zero-order valence-corrected chi connectivity index (χ0v) is 14.4. The van der Waals surface area contributed by atoms with E-state index in [1.165, 1.54) is 23.8 Å². The SMILES string of the molecule is CS(=O)(=O)C1CSCCN1C(=O)Cc1ccc2c(c1)CCC2. The highest BCUT2D eigenvalue weighted by molar-refractivity contribution is 8.00. The van der Waals surface area contributed by atoms with Gasteiger partial charge in [-0.3, -0.25) is 4.79 Å². The maximum absolute atomic E-state index is 12.6. The Morgan fingerprint density at radius 2 is 2.09 bits per heavy atom. The molecule has 0 radical (unpaired) electrons. The van der Waals surface area contributed by atoms with Crippen LogP contribution in [0.3, 0.4) is 0 Å². The summed E-state index contributed by atoms with van der Waals surface area (Å²) in [5, 5.41) is -0.673. The smallest absolute Gasteiger partial charge is 0.228 e. The van der Waals surface area contributed by atoms with Crippen molar-refractivity contribution in [1.29, 1.82) is 0 Å². The molecule has 1 aliphatic heterocycles. The van der Waals surface area contributed by atoms with Gasteiger partial charge < -0.3 is 4.90 Å². The van der Waals surface area contributed by atoms with Crippen molar-refractivity contribution in [3.8, 4) is 0 Å². The van der Waals surface area contributed by atoms with Gasteiger partial charge in [-0.1, -0.05) is 18.2 Å². The molecule has 1 unspecified atom stereocenters. The predicted octanol–water partition coefficient (Wildman–Crippen LogP) is 1.66. The molecule has 0 spiro atoms. The molecule has 1 aromatic rings. The molecule has 1 heterocycles. The van der Waals surface area contributed by atoms with Crippen LogP contribution in [0, 0.1) is 0 Å². The number of aryl methyl sites for hydroxylation is 2. The van der Waals surface area contributed by atoms with Gasteiger partial charge >= 0.3 is 0 Å². The molecule has 3 rings (SSSR count). The van der Waals surface area contributed by atoms with Crippen molar-refractivity contribution in [2.45, 2.75) is 31.1 Å². The number of hydrogen-bond donors (Lipinski definition) is 0. The van der Waals surface area contributed by atoms with Crippen molar-refractivity contribution in [1.82, 2.24) is 4.90 Å². The topological polar surface area (TPSA) is 54.5 Å². The fraction of sp³-hybridized carbons (Fsp3) is 0.562. The van der Waals surface area contributed by atoms with E-state index in [0.29, 0.717) is 18.7 Å². The maximum Gasteiger partial charge on any atom is 0.228 e. The molecule has 1 saturated heterocycles. The molecular formula is C16H21NO3S2. The monoisotopic (exact) mass is 339 g/mol. The number of benzene rings is 1. The fourth-order valence-corrected chi connectivity index (χ4v) is 6.07. The lowest BCUT2D eigenvalue weighted by atomic mass is 10.0. The summed E-state index contributed by atoms with van der Waals surface area (Å²) in [4.78, 5) is 14.1. The van der Waals surface area contributed by atoms with E-state index < -0.39 is 15.2 Å². The lowest BCUT2D eigenvalue weighted by Gasteiger charge is -2.34. The van der Waals surface area contributed by atoms with Gasteiger partial charge in [-0.25, -0.2) is 8.42 Å². The molecule has 1 atom stereocenters. The molecule has 0 N–H and O–H groups in total. The Bertz CT molecular complexity index is 685. The Balaban J connectivity index is 1.75. The molecule has 1 aliphatic carbocycles. The van der Waals surface area contributed by atoms with Crippen molar-refractivity contribution in [2.24, 2.45) is 0 Å². The normalized spacial score (nSPS) is 21.7. The lowest BCUT2D eigenvalue weighted by Crippen LogP contribution is -2.50. The van der Waals surface area contributed by atoms with E-state index >= 15 is 0 Å². The minimum atomic E-state index is -3.24. The molecule has 4 nitrogen and oxygen atoms in total. The van der Waals surface area contributed by atoms with Crippen molar-refractivity contribution < 1.29 is 13.2 Å². The summed E-state index contributed by atoms with van der Waals surface area (Å²) in [5.41, 5.74) is 3.73. The molecule has 1 aromatic carbocycles. The van der Waals surface area contributed by atoms with Crippen LogP contribution in [0.25, 0.3) is 0 Å². The first-order valence-electron chi connectivity index (χ1n) is 7.62. The number of sulfone groups is 1. The third-order valence-electron chi connectivity index (χ3n) is 4.42. The van der Waals surface area contributed by atoms with E-state index in [0.717, 1.165) is 24.2 Å². The van der Waals surface area contributed by atoms with E-state index in [-0.39, 0.29) is 5.91 Å². The highest BCUT2D eigenvalue weighted by atomic mass is 32.2. The Kier molecular flexibility index (Phi) is 4.50. The number of thioether (sulfide) groups is 1. The summed E-state index contributed by atoms with van der Waals surface area (Å²) in [5.74, 6) is 1.21. The van der Waals surface area contributed by atoms with Crippen molar-refractivity contribution in [2.75, 3.05) is 24.3 Å². The van der Waals surface area contributed by atoms with Crippen LogP contribution in [-0.4, -0.2) is 48.9 Å². The summed E-state index contributed by atoms with van der Waals surface area (Å²) in [6, 6.07) is 6.25. The van der Waals surface area contributed by atoms with E-state index in [1.807, 2.05) is 6.07 Å². The second kappa shape index (κ2) is 6.24. The molecule has 0 bridgehead atoms. The molecule has 0 saturated carbocycles. The van der Waals surface area contributed by atoms with Gasteiger partial charge in [0.25, 0.3) is 0 Å². The number of hydrogen-bond acceptors (Lipinski definition) is 4. The van der Waals surface area contributed by atoms with Crippen LogP contribution in [0.4, 0.5) is 0 Å². The van der Waals surface area contributed by atoms with E-state index in [9.17, 15) is 13.2 Å². The third-order valence-corrected chi connectivity index (χ3v) is 7.06. The molecule has 120 valence electrons. The summed E-state index contributed by atoms with van der Waals surface area (Å²) < 4.78 is 23.8. The van der Waals surface area contributed by atoms with Crippen LogP contribution in [-0.2, 0) is 33.9 Å². The minimum absolute atomic E-state index is 0.0753. The standard InChI is InChI=1S/C16H21NO3S2/c1-22(19,20)16-11-21-8-7-17(16)15(18)10-12-5-6-13-3-2-4-14(13)9-12/h5-6,9,16H,2-4,7-8,10-11H2,1H3. The summed E-state index contributed by atoms with van der Waals surface area (Å²) in [6.07, 6.45) is 4.92. The number of rotatable bonds is 3. The number of amides is 1. The van der Waals surface area contributed by atoms with Gasteiger partial charge in [0.15, 0.2) is 9.84 Å². The molecule has 1 fully saturated rings. The highest BCUT2D eigenvalue weighted by Crippen LogP contribution is 2.25. The fourth-order valence-electron chi connectivity index (χ4n) is 3.23. The summed E-state index contributed by atoms with van der Waals surface area (Å²) >= 11 is 1.60. The summed E-state index contributed by atoms with van der Waals surface area (Å²) in [7, 11) is -3.24. The molecule has 6 heteroatoms. The zero-order chi connectivity index (χ0) is 15.7. The molecular weight excluding hydrogens is 318 g/mol. The van der Waals surface area contributed by atoms with Crippen LogP contribution in [0.2, 0.25) is 0 Å². The first kappa shape index (κ1) is 15.9. The second-order valence-corrected chi connectivity index (χ2v) is 9.43. The number of carbonyl (C=O) groups is 1. The molecule has 22 heavy (non-hydrogen) atoms. The average Bonchev–Trinajstić information content (AvgIpc) is 2.94. The van der Waals surface area contributed by atoms with E-state index in [4.69, 9.17) is 0 Å². The molecule has 2 aliphatic rings. The van der Waals surface area contributed by atoms with Gasteiger partial charge in [-0.05, 0) is 36.0 Å². The van der Waals surface area contributed by atoms with Crippen LogP contribution < -0.4 is 0 Å². The number of nitrogens with zero attached hydrogens (tertiary/aromatic N) is 1. The number of fused-ring (bicyclic) bond motifs is 1. The van der Waals surface area contributed by atoms with Crippen molar-refractivity contribution in [3.05, 3.63) is 34.9 Å². The van der Waals surface area contributed by atoms with Gasteiger partial charge in [-0.15, -0.1) is 0 Å². The van der Waals surface area contributed by atoms with E-state index in [2.05, 4.69) is 12.1 Å². The van der Waals surface area contributed by atoms with Gasteiger partial charge in [-0.2, -0.15) is 11.8 Å². The second-order valence-electron chi connectivity index (χ2n) is 6.08. The third kappa shape index (κ3) is 3.33. The quantitative estimate of drug-likeness (QED) is 0.840. The maximum atomic E-state index is 12.6. The zero-order valence-electron chi connectivity index (χ0n) is 12.7. The van der Waals surface area contributed by atoms with Gasteiger partial charge in [0.05, 0.1) is 6.42 Å². The van der Waals surface area contributed by atoms with Crippen molar-refractivity contribution >= 4 is 27.5 Å². The van der Waals surface area contributed by atoms with Crippen molar-refractivity contribution in [3.63, 3.8) is 0 Å². The minimum Gasteiger partial charge on any atom is -0.324 e. The molecule has 0 aromatic heterocycles. The van der Waals surface area contributed by atoms with Gasteiger partial charge in [0.1, 0.15) is 5.37 Å². The first-order valence-corrected chi connectivity index (χ1v) is 10.7. The largest absolute Gasteiger partial charge is 0.324 e. The van der Waals surface area contributed by atoms with Crippen LogP contribution in [0.15, 0.2) is 18.2 Å². The Hall–Kier alpha value is -1.01. The predicted molar refractivity (Wildman–Crippen MR) is 89.8 cm³/mol. The van der Waals surface area contributed by atoms with Gasteiger partial charge in [0.2, 0.25) is 5.91 Å². The summed E-state index contributed by atoms with van der Waals surface area (Å²) in [6.45, 7) is 0.520.